The lowest BCUT2D eigenvalue weighted by molar-refractivity contribution is -0.139. The van der Waals surface area contributed by atoms with Crippen molar-refractivity contribution in [3.8, 4) is 0 Å². The number of hydrogen-bond donors (Lipinski definition) is 1. The van der Waals surface area contributed by atoms with Crippen LogP contribution in [0, 0.1) is 23.7 Å². The van der Waals surface area contributed by atoms with Crippen LogP contribution < -0.4 is 5.73 Å². The summed E-state index contributed by atoms with van der Waals surface area (Å²) < 4.78 is 0. The molecule has 0 spiro atoms. The molecule has 4 nitrogen and oxygen atoms in total. The number of carbonyl (C=O) groups is 1. The monoisotopic (exact) mass is 279 g/mol. The fraction of sp³-hybridized carbons (Fsp3) is 0.938. The lowest BCUT2D eigenvalue weighted by atomic mass is 9.83. The molecule has 0 radical (unpaired) electrons. The van der Waals surface area contributed by atoms with Gasteiger partial charge in [0.15, 0.2) is 0 Å². The second-order valence-corrected chi connectivity index (χ2v) is 7.47. The number of nitrogens with two attached hydrogens (primary N) is 1. The quantitative estimate of drug-likeness (QED) is 0.843. The van der Waals surface area contributed by atoms with Gasteiger partial charge in [-0.15, -0.1) is 0 Å². The van der Waals surface area contributed by atoms with E-state index in [0.29, 0.717) is 17.7 Å². The first kappa shape index (κ1) is 14.3. The van der Waals surface area contributed by atoms with E-state index in [2.05, 4.69) is 23.9 Å². The van der Waals surface area contributed by atoms with E-state index in [1.807, 2.05) is 0 Å². The van der Waals surface area contributed by atoms with Crippen LogP contribution in [0.2, 0.25) is 0 Å². The third-order valence-electron chi connectivity index (χ3n) is 5.82. The molecule has 3 rings (SSSR count). The van der Waals surface area contributed by atoms with Crippen LogP contribution >= 0.6 is 0 Å². The molecule has 4 atom stereocenters. The van der Waals surface area contributed by atoms with Crippen LogP contribution in [-0.4, -0.2) is 55.5 Å². The molecule has 1 amide bonds. The number of fused-ring (bicyclic) bond motifs is 2. The zero-order valence-corrected chi connectivity index (χ0v) is 12.9. The summed E-state index contributed by atoms with van der Waals surface area (Å²) >= 11 is 0. The van der Waals surface area contributed by atoms with Gasteiger partial charge >= 0.3 is 0 Å². The SMILES string of the molecule is CN(C)CC1CCN(C(=O)C2C3CCC(C3)C2N)CC1. The minimum Gasteiger partial charge on any atom is -0.342 e. The largest absolute Gasteiger partial charge is 0.342 e. The van der Waals surface area contributed by atoms with Gasteiger partial charge in [-0.3, -0.25) is 4.79 Å². The van der Waals surface area contributed by atoms with Crippen molar-refractivity contribution >= 4 is 5.91 Å². The molecule has 0 aromatic rings. The van der Waals surface area contributed by atoms with Crippen LogP contribution in [0.3, 0.4) is 0 Å². The first-order chi connectivity index (χ1) is 9.56. The van der Waals surface area contributed by atoms with Gasteiger partial charge in [-0.2, -0.15) is 0 Å². The topological polar surface area (TPSA) is 49.6 Å². The Balaban J connectivity index is 1.54. The van der Waals surface area contributed by atoms with Crippen LogP contribution in [0.5, 0.6) is 0 Å². The second kappa shape index (κ2) is 5.64. The van der Waals surface area contributed by atoms with E-state index >= 15 is 0 Å². The Kier molecular flexibility index (Phi) is 4.04. The Morgan fingerprint density at radius 3 is 2.35 bits per heavy atom. The van der Waals surface area contributed by atoms with Crippen molar-refractivity contribution in [2.45, 2.75) is 38.1 Å². The number of rotatable bonds is 3. The lowest BCUT2D eigenvalue weighted by Crippen LogP contribution is -2.49. The molecule has 1 saturated heterocycles. The molecule has 0 aromatic heterocycles. The third kappa shape index (κ3) is 2.60. The molecule has 4 heteroatoms. The van der Waals surface area contributed by atoms with Crippen molar-refractivity contribution in [2.24, 2.45) is 29.4 Å². The van der Waals surface area contributed by atoms with Crippen molar-refractivity contribution in [1.82, 2.24) is 9.80 Å². The lowest BCUT2D eigenvalue weighted by Gasteiger charge is -2.37. The molecule has 3 fully saturated rings. The predicted octanol–water partition coefficient (Wildman–Crippen LogP) is 1.16. The van der Waals surface area contributed by atoms with Crippen molar-refractivity contribution in [3.05, 3.63) is 0 Å². The maximum Gasteiger partial charge on any atom is 0.227 e. The molecule has 4 unspecified atom stereocenters. The second-order valence-electron chi connectivity index (χ2n) is 7.47. The summed E-state index contributed by atoms with van der Waals surface area (Å²) in [4.78, 5) is 17.1. The first-order valence-electron chi connectivity index (χ1n) is 8.25. The van der Waals surface area contributed by atoms with Gasteiger partial charge < -0.3 is 15.5 Å². The number of hydrogen-bond acceptors (Lipinski definition) is 3. The maximum atomic E-state index is 12.8. The Morgan fingerprint density at radius 1 is 1.15 bits per heavy atom. The van der Waals surface area contributed by atoms with Crippen molar-refractivity contribution in [3.63, 3.8) is 0 Å². The minimum atomic E-state index is 0.138. The van der Waals surface area contributed by atoms with Crippen molar-refractivity contribution < 1.29 is 4.79 Å². The molecule has 0 aromatic carbocycles. The first-order valence-corrected chi connectivity index (χ1v) is 8.25. The van der Waals surface area contributed by atoms with E-state index in [-0.39, 0.29) is 12.0 Å². The summed E-state index contributed by atoms with van der Waals surface area (Å²) in [5.74, 6) is 2.47. The molecule has 2 N–H and O–H groups in total. The average molecular weight is 279 g/mol. The van der Waals surface area contributed by atoms with Gasteiger partial charge in [0, 0.05) is 25.7 Å². The molecule has 2 aliphatic carbocycles. The maximum absolute atomic E-state index is 12.8. The molecule has 2 bridgehead atoms. The Hall–Kier alpha value is -0.610. The summed E-state index contributed by atoms with van der Waals surface area (Å²) in [5.41, 5.74) is 6.31. The molecule has 20 heavy (non-hydrogen) atoms. The fourth-order valence-corrected chi connectivity index (χ4v) is 4.77. The number of amides is 1. The minimum absolute atomic E-state index is 0.138. The summed E-state index contributed by atoms with van der Waals surface area (Å²) in [6.07, 6.45) is 5.99. The van der Waals surface area contributed by atoms with Gasteiger partial charge in [-0.25, -0.2) is 0 Å². The van der Waals surface area contributed by atoms with Crippen LogP contribution in [0.4, 0.5) is 0 Å². The Labute approximate surface area is 122 Å². The summed E-state index contributed by atoms with van der Waals surface area (Å²) in [5, 5.41) is 0. The van der Waals surface area contributed by atoms with E-state index in [0.717, 1.165) is 38.4 Å². The Bertz CT molecular complexity index is 361. The Morgan fingerprint density at radius 2 is 1.80 bits per heavy atom. The normalized spacial score (nSPS) is 37.9. The molecule has 2 saturated carbocycles. The van der Waals surface area contributed by atoms with Gasteiger partial charge in [0.05, 0.1) is 5.92 Å². The molecular weight excluding hydrogens is 250 g/mol. The summed E-state index contributed by atoms with van der Waals surface area (Å²) in [7, 11) is 4.26. The molecule has 3 aliphatic rings. The van der Waals surface area contributed by atoms with E-state index in [1.54, 1.807) is 0 Å². The number of carbonyl (C=O) groups excluding carboxylic acids is 1. The molecule has 1 heterocycles. The van der Waals surface area contributed by atoms with E-state index in [1.165, 1.54) is 19.3 Å². The highest BCUT2D eigenvalue weighted by atomic mass is 16.2. The van der Waals surface area contributed by atoms with Crippen LogP contribution in [0.1, 0.15) is 32.1 Å². The van der Waals surface area contributed by atoms with Crippen LogP contribution in [-0.2, 0) is 4.79 Å². The summed E-state index contributed by atoms with van der Waals surface area (Å²) in [6.45, 7) is 3.03. The van der Waals surface area contributed by atoms with Gasteiger partial charge in [0.1, 0.15) is 0 Å². The number of piperidine rings is 1. The molecule has 1 aliphatic heterocycles. The van der Waals surface area contributed by atoms with Crippen molar-refractivity contribution in [2.75, 3.05) is 33.7 Å². The molecular formula is C16H29N3O. The highest BCUT2D eigenvalue weighted by Crippen LogP contribution is 2.48. The van der Waals surface area contributed by atoms with Crippen molar-refractivity contribution in [1.29, 1.82) is 0 Å². The van der Waals surface area contributed by atoms with Crippen LogP contribution in [0.25, 0.3) is 0 Å². The van der Waals surface area contributed by atoms with E-state index in [9.17, 15) is 4.79 Å². The summed E-state index contributed by atoms with van der Waals surface area (Å²) in [6, 6.07) is 0.140. The molecule has 114 valence electrons. The third-order valence-corrected chi connectivity index (χ3v) is 5.82. The predicted molar refractivity (Wildman–Crippen MR) is 80.2 cm³/mol. The zero-order chi connectivity index (χ0) is 14.3. The van der Waals surface area contributed by atoms with Crippen LogP contribution in [0.15, 0.2) is 0 Å². The fourth-order valence-electron chi connectivity index (χ4n) is 4.77. The average Bonchev–Trinajstić information content (AvgIpc) is 2.99. The van der Waals surface area contributed by atoms with Gasteiger partial charge in [-0.05, 0) is 64.0 Å². The highest BCUT2D eigenvalue weighted by molar-refractivity contribution is 5.80. The highest BCUT2D eigenvalue weighted by Gasteiger charge is 2.50. The number of nitrogens with zero attached hydrogens (tertiary/aromatic N) is 2. The number of likely N-dealkylation sites (tertiary alicyclic amines) is 1. The van der Waals surface area contributed by atoms with Gasteiger partial charge in [-0.1, -0.05) is 0 Å². The standard InChI is InChI=1S/C16H29N3O/c1-18(2)10-11-5-7-19(8-6-11)16(20)14-12-3-4-13(9-12)15(14)17/h11-15H,3-10,17H2,1-2H3. The van der Waals surface area contributed by atoms with Gasteiger partial charge in [0.2, 0.25) is 5.91 Å². The van der Waals surface area contributed by atoms with E-state index in [4.69, 9.17) is 5.73 Å². The smallest absolute Gasteiger partial charge is 0.227 e. The van der Waals surface area contributed by atoms with E-state index < -0.39 is 0 Å². The zero-order valence-electron chi connectivity index (χ0n) is 12.9. The van der Waals surface area contributed by atoms with Gasteiger partial charge in [0.25, 0.3) is 0 Å².